The topological polar surface area (TPSA) is 79.9 Å². The number of para-hydroxylation sites is 1. The fourth-order valence-corrected chi connectivity index (χ4v) is 7.27. The number of allylic oxidation sites excluding steroid dienone is 1. The molecule has 2 amide bonds. The first kappa shape index (κ1) is 29.1. The lowest BCUT2D eigenvalue weighted by Crippen LogP contribution is -2.43. The van der Waals surface area contributed by atoms with Gasteiger partial charge < -0.3 is 14.4 Å². The van der Waals surface area contributed by atoms with E-state index in [0.717, 1.165) is 48.0 Å². The first-order valence-corrected chi connectivity index (χ1v) is 15.9. The van der Waals surface area contributed by atoms with Crippen LogP contribution >= 0.6 is 22.9 Å². The zero-order valence-electron chi connectivity index (χ0n) is 24.5. The van der Waals surface area contributed by atoms with E-state index in [1.54, 1.807) is 21.6 Å². The van der Waals surface area contributed by atoms with Crippen molar-refractivity contribution in [3.05, 3.63) is 102 Å². The summed E-state index contributed by atoms with van der Waals surface area (Å²) in [6.45, 7) is 8.68. The summed E-state index contributed by atoms with van der Waals surface area (Å²) in [6.07, 6.45) is 5.92. The molecule has 0 aliphatic carbocycles. The molecule has 222 valence electrons. The van der Waals surface area contributed by atoms with Gasteiger partial charge in [-0.05, 0) is 63.5 Å². The maximum Gasteiger partial charge on any atom is 0.271 e. The van der Waals surface area contributed by atoms with Crippen LogP contribution in [0.5, 0.6) is 0 Å². The van der Waals surface area contributed by atoms with Gasteiger partial charge in [0.1, 0.15) is 6.54 Å². The number of aromatic nitrogens is 2. The number of halogens is 1. The number of hydrogen-bond acceptors (Lipinski definition) is 5. The maximum absolute atomic E-state index is 14.2. The summed E-state index contributed by atoms with van der Waals surface area (Å²) in [7, 11) is 0. The van der Waals surface area contributed by atoms with Crippen molar-refractivity contribution >= 4 is 51.7 Å². The molecule has 4 heterocycles. The van der Waals surface area contributed by atoms with Gasteiger partial charge in [-0.25, -0.2) is 4.99 Å². The molecule has 10 heteroatoms. The lowest BCUT2D eigenvalue weighted by atomic mass is 9.94. The van der Waals surface area contributed by atoms with Crippen LogP contribution in [0.4, 0.5) is 0 Å². The highest BCUT2D eigenvalue weighted by atomic mass is 35.5. The van der Waals surface area contributed by atoms with Crippen molar-refractivity contribution in [3.63, 3.8) is 0 Å². The number of amides is 2. The molecule has 2 aromatic heterocycles. The standard InChI is InChI=1S/C33H34ClN5O3S/c1-4-36(5-2)32(42)29-21(3)35-33-39(30(29)22-12-14-24(34)15-13-22)31(41)27(43-33)18-23-19-38(26-11-7-6-10-25(23)26)20-28(40)37-16-8-9-17-37/h6-7,10-15,18-19,30H,4-5,8-9,16-17,20H2,1-3H3/b27-18-/t30-/m0/s1. The average molecular weight is 616 g/mol. The van der Waals surface area contributed by atoms with Crippen LogP contribution in [0.3, 0.4) is 0 Å². The average Bonchev–Trinajstić information content (AvgIpc) is 3.73. The molecule has 1 atom stereocenters. The quantitative estimate of drug-likeness (QED) is 0.310. The highest BCUT2D eigenvalue weighted by molar-refractivity contribution is 7.07. The number of fused-ring (bicyclic) bond motifs is 2. The summed E-state index contributed by atoms with van der Waals surface area (Å²) in [4.78, 5) is 50.0. The van der Waals surface area contributed by atoms with Crippen LogP contribution in [0.15, 0.2) is 75.8 Å². The molecule has 6 rings (SSSR count). The lowest BCUT2D eigenvalue weighted by molar-refractivity contribution is -0.130. The zero-order chi connectivity index (χ0) is 30.2. The first-order valence-electron chi connectivity index (χ1n) is 14.7. The Bertz CT molecular complexity index is 1930. The summed E-state index contributed by atoms with van der Waals surface area (Å²) >= 11 is 7.52. The van der Waals surface area contributed by atoms with Gasteiger partial charge in [0.2, 0.25) is 5.91 Å². The van der Waals surface area contributed by atoms with E-state index in [1.807, 2.05) is 78.9 Å². The molecule has 0 radical (unpaired) electrons. The van der Waals surface area contributed by atoms with Gasteiger partial charge in [0.15, 0.2) is 4.80 Å². The monoisotopic (exact) mass is 615 g/mol. The number of likely N-dealkylation sites (tertiary alicyclic amines) is 1. The molecule has 0 bridgehead atoms. The van der Waals surface area contributed by atoms with Gasteiger partial charge in [-0.1, -0.05) is 53.3 Å². The Morgan fingerprint density at radius 3 is 2.47 bits per heavy atom. The number of hydrogen-bond donors (Lipinski definition) is 0. The minimum atomic E-state index is -0.636. The third-order valence-corrected chi connectivity index (χ3v) is 9.59. The highest BCUT2D eigenvalue weighted by Gasteiger charge is 2.34. The maximum atomic E-state index is 14.2. The molecular weight excluding hydrogens is 582 g/mol. The Balaban J connectivity index is 1.48. The van der Waals surface area contributed by atoms with E-state index in [4.69, 9.17) is 16.6 Å². The fourth-order valence-electron chi connectivity index (χ4n) is 6.11. The Morgan fingerprint density at radius 2 is 1.77 bits per heavy atom. The fraction of sp³-hybridized carbons (Fsp3) is 0.333. The van der Waals surface area contributed by atoms with Crippen molar-refractivity contribution in [2.45, 2.75) is 46.2 Å². The summed E-state index contributed by atoms with van der Waals surface area (Å²) < 4.78 is 4.12. The van der Waals surface area contributed by atoms with Crippen molar-refractivity contribution < 1.29 is 9.59 Å². The molecule has 2 aliphatic heterocycles. The largest absolute Gasteiger partial charge is 0.341 e. The Labute approximate surface area is 258 Å². The van der Waals surface area contributed by atoms with Crippen LogP contribution in [0.2, 0.25) is 5.02 Å². The smallest absolute Gasteiger partial charge is 0.271 e. The predicted octanol–water partition coefficient (Wildman–Crippen LogP) is 4.33. The number of thiazole rings is 1. The van der Waals surface area contributed by atoms with Crippen LogP contribution < -0.4 is 14.9 Å². The van der Waals surface area contributed by atoms with Crippen molar-refractivity contribution in [2.75, 3.05) is 26.2 Å². The third kappa shape index (κ3) is 5.36. The first-order chi connectivity index (χ1) is 20.8. The minimum Gasteiger partial charge on any atom is -0.341 e. The Morgan fingerprint density at radius 1 is 1.07 bits per heavy atom. The van der Waals surface area contributed by atoms with Crippen molar-refractivity contribution in [2.24, 2.45) is 4.99 Å². The van der Waals surface area contributed by atoms with Gasteiger partial charge >= 0.3 is 0 Å². The molecule has 0 spiro atoms. The molecule has 0 unspecified atom stereocenters. The SMILES string of the molecule is CCN(CC)C(=O)C1=C(C)N=c2s/c(=C\c3cn(CC(=O)N4CCCC4)c4ccccc34)c(=O)n2[C@H]1c1ccc(Cl)cc1. The highest BCUT2D eigenvalue weighted by Crippen LogP contribution is 2.32. The van der Waals surface area contributed by atoms with Crippen molar-refractivity contribution in [1.29, 1.82) is 0 Å². The van der Waals surface area contributed by atoms with Gasteiger partial charge in [-0.2, -0.15) is 0 Å². The Hall–Kier alpha value is -3.95. The minimum absolute atomic E-state index is 0.105. The van der Waals surface area contributed by atoms with E-state index >= 15 is 0 Å². The summed E-state index contributed by atoms with van der Waals surface area (Å²) in [5.74, 6) is -0.0285. The van der Waals surface area contributed by atoms with Gasteiger partial charge in [0, 0.05) is 53.9 Å². The summed E-state index contributed by atoms with van der Waals surface area (Å²) in [6, 6.07) is 14.6. The molecule has 0 N–H and O–H groups in total. The predicted molar refractivity (Wildman–Crippen MR) is 171 cm³/mol. The lowest BCUT2D eigenvalue weighted by Gasteiger charge is -2.29. The van der Waals surface area contributed by atoms with Gasteiger partial charge in [-0.15, -0.1) is 0 Å². The van der Waals surface area contributed by atoms with E-state index in [1.165, 1.54) is 11.3 Å². The molecule has 1 saturated heterocycles. The van der Waals surface area contributed by atoms with E-state index in [0.29, 0.717) is 38.7 Å². The van der Waals surface area contributed by atoms with Gasteiger partial charge in [0.05, 0.1) is 21.8 Å². The molecule has 2 aliphatic rings. The third-order valence-electron chi connectivity index (χ3n) is 8.36. The Kier molecular flexibility index (Phi) is 8.11. The number of carbonyl (C=O) groups excluding carboxylic acids is 2. The summed E-state index contributed by atoms with van der Waals surface area (Å²) in [5, 5.41) is 1.54. The van der Waals surface area contributed by atoms with Crippen molar-refractivity contribution in [1.82, 2.24) is 18.9 Å². The normalized spacial score (nSPS) is 17.0. The van der Waals surface area contributed by atoms with E-state index in [2.05, 4.69) is 0 Å². The van der Waals surface area contributed by atoms with E-state index in [9.17, 15) is 14.4 Å². The van der Waals surface area contributed by atoms with Crippen molar-refractivity contribution in [3.8, 4) is 0 Å². The van der Waals surface area contributed by atoms with Gasteiger partial charge in [0.25, 0.3) is 11.5 Å². The number of carbonyl (C=O) groups is 2. The van der Waals surface area contributed by atoms with Gasteiger partial charge in [-0.3, -0.25) is 19.0 Å². The second-order valence-electron chi connectivity index (χ2n) is 10.9. The molecule has 2 aromatic carbocycles. The van der Waals surface area contributed by atoms with Crippen LogP contribution in [-0.2, 0) is 16.1 Å². The number of benzene rings is 2. The van der Waals surface area contributed by atoms with Crippen LogP contribution in [0.25, 0.3) is 17.0 Å². The number of rotatable bonds is 7. The second-order valence-corrected chi connectivity index (χ2v) is 12.4. The molecule has 0 saturated carbocycles. The molecular formula is C33H34ClN5O3S. The number of likely N-dealkylation sites (N-methyl/N-ethyl adjacent to an activating group) is 1. The van der Waals surface area contributed by atoms with E-state index in [-0.39, 0.29) is 23.9 Å². The van der Waals surface area contributed by atoms with Crippen LogP contribution in [-0.4, -0.2) is 56.9 Å². The van der Waals surface area contributed by atoms with E-state index < -0.39 is 6.04 Å². The second kappa shape index (κ2) is 12.0. The van der Waals surface area contributed by atoms with Crippen LogP contribution in [0, 0.1) is 0 Å². The number of nitrogens with zero attached hydrogens (tertiary/aromatic N) is 5. The molecule has 43 heavy (non-hydrogen) atoms. The molecule has 1 fully saturated rings. The zero-order valence-corrected chi connectivity index (χ0v) is 26.1. The molecule has 4 aromatic rings. The summed E-state index contributed by atoms with van der Waals surface area (Å²) in [5.41, 5.74) is 3.46. The molecule has 8 nitrogen and oxygen atoms in total. The van der Waals surface area contributed by atoms with Crippen LogP contribution in [0.1, 0.15) is 50.8 Å².